The molecule has 1 aromatic heterocycles. The molecule has 9 nitrogen and oxygen atoms in total. The molecular weight excluding hydrogens is 456 g/mol. The normalized spacial score (nSPS) is 12.0. The first-order valence-corrected chi connectivity index (χ1v) is 11.8. The molecule has 0 aliphatic rings. The summed E-state index contributed by atoms with van der Waals surface area (Å²) in [6.07, 6.45) is 0. The summed E-state index contributed by atoms with van der Waals surface area (Å²) < 4.78 is 34.7. The summed E-state index contributed by atoms with van der Waals surface area (Å²) in [7, 11) is -4.18. The van der Waals surface area contributed by atoms with Crippen LogP contribution in [0.15, 0.2) is 81.1 Å². The van der Waals surface area contributed by atoms with Crippen LogP contribution in [-0.2, 0) is 10.0 Å². The zero-order valence-electron chi connectivity index (χ0n) is 18.7. The highest BCUT2D eigenvalue weighted by molar-refractivity contribution is 7.92. The van der Waals surface area contributed by atoms with E-state index in [2.05, 4.69) is 15.2 Å². The zero-order valence-corrected chi connectivity index (χ0v) is 19.5. The second kappa shape index (κ2) is 8.99. The van der Waals surface area contributed by atoms with Crippen LogP contribution in [0.3, 0.4) is 0 Å². The monoisotopic (exact) mass is 478 g/mol. The molecule has 4 rings (SSSR count). The lowest BCUT2D eigenvalue weighted by atomic mass is 10.1. The predicted molar refractivity (Wildman–Crippen MR) is 132 cm³/mol. The summed E-state index contributed by atoms with van der Waals surface area (Å²) in [5.74, 6) is 0.508. The first-order chi connectivity index (χ1) is 16.1. The van der Waals surface area contributed by atoms with Crippen molar-refractivity contribution < 1.29 is 17.8 Å². The largest absolute Gasteiger partial charge is 0.455 e. The molecule has 0 fully saturated rings. The number of furan rings is 1. The second-order valence-corrected chi connectivity index (χ2v) is 9.47. The number of aryl methyl sites for hydroxylation is 2. The van der Waals surface area contributed by atoms with Gasteiger partial charge in [-0.3, -0.25) is 20.3 Å². The summed E-state index contributed by atoms with van der Waals surface area (Å²) >= 11 is 0. The summed E-state index contributed by atoms with van der Waals surface area (Å²) in [5.41, 5.74) is 5.70. The fourth-order valence-electron chi connectivity index (χ4n) is 3.43. The molecule has 0 radical (unpaired) electrons. The van der Waals surface area contributed by atoms with Crippen molar-refractivity contribution in [3.8, 4) is 0 Å². The Morgan fingerprint density at radius 1 is 1.00 bits per heavy atom. The number of hydrazone groups is 1. The standard InChI is InChI=1S/C24H22N4O5S/c1-15-8-10-20(16(2)12-15)27-34(31,32)24-14-19(28(29)30)9-11-21(24)26-25-17(3)23-13-18-6-4-5-7-22(18)33-23/h4-14,26-27H,1-3H3. The molecule has 174 valence electrons. The molecule has 0 bridgehead atoms. The summed E-state index contributed by atoms with van der Waals surface area (Å²) in [4.78, 5) is 10.4. The lowest BCUT2D eigenvalue weighted by Crippen LogP contribution is -2.16. The number of hydrogen-bond donors (Lipinski definition) is 2. The highest BCUT2D eigenvalue weighted by atomic mass is 32.2. The topological polar surface area (TPSA) is 127 Å². The third kappa shape index (κ3) is 4.76. The van der Waals surface area contributed by atoms with Crippen LogP contribution in [0.2, 0.25) is 0 Å². The Hall–Kier alpha value is -4.18. The fraction of sp³-hybridized carbons (Fsp3) is 0.125. The van der Waals surface area contributed by atoms with Crippen LogP contribution < -0.4 is 10.1 Å². The van der Waals surface area contributed by atoms with Crippen LogP contribution in [0.5, 0.6) is 0 Å². The molecule has 0 spiro atoms. The number of rotatable bonds is 7. The Kier molecular flexibility index (Phi) is 6.08. The van der Waals surface area contributed by atoms with Gasteiger partial charge in [-0.1, -0.05) is 35.9 Å². The van der Waals surface area contributed by atoms with Gasteiger partial charge in [0.1, 0.15) is 16.2 Å². The molecule has 0 amide bonds. The number of nitrogens with one attached hydrogen (secondary N) is 2. The van der Waals surface area contributed by atoms with E-state index < -0.39 is 14.9 Å². The third-order valence-electron chi connectivity index (χ3n) is 5.22. The maximum Gasteiger partial charge on any atom is 0.270 e. The second-order valence-electron chi connectivity index (χ2n) is 7.82. The summed E-state index contributed by atoms with van der Waals surface area (Å²) in [6.45, 7) is 5.38. The van der Waals surface area contributed by atoms with Crippen molar-refractivity contribution >= 4 is 43.8 Å². The van der Waals surface area contributed by atoms with Gasteiger partial charge in [-0.15, -0.1) is 0 Å². The van der Waals surface area contributed by atoms with E-state index in [1.807, 2.05) is 43.3 Å². The minimum atomic E-state index is -4.18. The number of benzene rings is 3. The highest BCUT2D eigenvalue weighted by Gasteiger charge is 2.23. The minimum Gasteiger partial charge on any atom is -0.455 e. The molecule has 4 aromatic rings. The van der Waals surface area contributed by atoms with E-state index in [1.165, 1.54) is 12.1 Å². The smallest absolute Gasteiger partial charge is 0.270 e. The van der Waals surface area contributed by atoms with Crippen molar-refractivity contribution in [2.24, 2.45) is 5.10 Å². The molecular formula is C24H22N4O5S. The van der Waals surface area contributed by atoms with Crippen LogP contribution in [0.1, 0.15) is 23.8 Å². The van der Waals surface area contributed by atoms with Gasteiger partial charge in [0.2, 0.25) is 0 Å². The summed E-state index contributed by atoms with van der Waals surface area (Å²) in [5, 5.41) is 16.5. The quantitative estimate of drug-likeness (QED) is 0.202. The first kappa shape index (κ1) is 23.0. The van der Waals surface area contributed by atoms with Gasteiger partial charge in [-0.2, -0.15) is 5.10 Å². The highest BCUT2D eigenvalue weighted by Crippen LogP contribution is 2.29. The number of non-ortho nitro benzene ring substituents is 1. The Labute approximate surface area is 196 Å². The molecule has 34 heavy (non-hydrogen) atoms. The van der Waals surface area contributed by atoms with Crippen molar-refractivity contribution in [2.75, 3.05) is 10.1 Å². The van der Waals surface area contributed by atoms with E-state index in [0.717, 1.165) is 22.6 Å². The van der Waals surface area contributed by atoms with Crippen LogP contribution >= 0.6 is 0 Å². The van der Waals surface area contributed by atoms with Gasteiger partial charge in [0, 0.05) is 17.5 Å². The zero-order chi connectivity index (χ0) is 24.5. The number of anilines is 2. The van der Waals surface area contributed by atoms with Crippen molar-refractivity contribution in [3.05, 3.63) is 93.7 Å². The maximum absolute atomic E-state index is 13.2. The van der Waals surface area contributed by atoms with Crippen molar-refractivity contribution in [1.82, 2.24) is 0 Å². The van der Waals surface area contributed by atoms with Gasteiger partial charge in [0.15, 0.2) is 5.76 Å². The van der Waals surface area contributed by atoms with Crippen molar-refractivity contribution in [2.45, 2.75) is 25.7 Å². The minimum absolute atomic E-state index is 0.0818. The molecule has 0 saturated heterocycles. The van der Waals surface area contributed by atoms with Crippen molar-refractivity contribution in [1.29, 1.82) is 0 Å². The Morgan fingerprint density at radius 3 is 2.44 bits per heavy atom. The number of sulfonamides is 1. The van der Waals surface area contributed by atoms with E-state index in [0.29, 0.717) is 22.7 Å². The van der Waals surface area contributed by atoms with Gasteiger partial charge >= 0.3 is 0 Å². The predicted octanol–water partition coefficient (Wildman–Crippen LogP) is 5.59. The molecule has 0 aliphatic heterocycles. The summed E-state index contributed by atoms with van der Waals surface area (Å²) in [6, 6.07) is 18.1. The third-order valence-corrected chi connectivity index (χ3v) is 6.62. The Bertz CT molecular complexity index is 1510. The average molecular weight is 479 g/mol. The van der Waals surface area contributed by atoms with Gasteiger partial charge in [0.25, 0.3) is 15.7 Å². The lowest BCUT2D eigenvalue weighted by molar-refractivity contribution is -0.385. The van der Waals surface area contributed by atoms with E-state index >= 15 is 0 Å². The fourth-order valence-corrected chi connectivity index (χ4v) is 4.73. The van der Waals surface area contributed by atoms with E-state index in [-0.39, 0.29) is 16.3 Å². The lowest BCUT2D eigenvalue weighted by Gasteiger charge is -2.14. The van der Waals surface area contributed by atoms with Crippen LogP contribution in [0.25, 0.3) is 11.0 Å². The van der Waals surface area contributed by atoms with E-state index in [1.54, 1.807) is 26.0 Å². The molecule has 10 heteroatoms. The van der Waals surface area contributed by atoms with Gasteiger partial charge in [0.05, 0.1) is 16.3 Å². The van der Waals surface area contributed by atoms with Gasteiger partial charge in [-0.25, -0.2) is 8.42 Å². The molecule has 0 saturated carbocycles. The number of nitro benzene ring substituents is 1. The Balaban J connectivity index is 1.70. The molecule has 0 atom stereocenters. The van der Waals surface area contributed by atoms with Gasteiger partial charge < -0.3 is 4.42 Å². The Morgan fingerprint density at radius 2 is 1.74 bits per heavy atom. The number of nitro groups is 1. The molecule has 2 N–H and O–H groups in total. The molecule has 3 aromatic carbocycles. The molecule has 0 unspecified atom stereocenters. The molecule has 1 heterocycles. The van der Waals surface area contributed by atoms with Crippen LogP contribution in [-0.4, -0.2) is 19.1 Å². The number of hydrogen-bond acceptors (Lipinski definition) is 7. The first-order valence-electron chi connectivity index (χ1n) is 10.3. The maximum atomic E-state index is 13.2. The van der Waals surface area contributed by atoms with E-state index in [4.69, 9.17) is 4.42 Å². The van der Waals surface area contributed by atoms with Gasteiger partial charge in [-0.05, 0) is 50.6 Å². The number of fused-ring (bicyclic) bond motifs is 1. The van der Waals surface area contributed by atoms with E-state index in [9.17, 15) is 18.5 Å². The number of para-hydroxylation sites is 1. The van der Waals surface area contributed by atoms with Crippen LogP contribution in [0, 0.1) is 24.0 Å². The van der Waals surface area contributed by atoms with Crippen LogP contribution in [0.4, 0.5) is 17.1 Å². The number of nitrogens with zero attached hydrogens (tertiary/aromatic N) is 2. The SMILES string of the molecule is CC(=NNc1ccc([N+](=O)[O-])cc1S(=O)(=O)Nc1ccc(C)cc1C)c1cc2ccccc2o1. The molecule has 0 aliphatic carbocycles. The average Bonchev–Trinajstić information content (AvgIpc) is 3.23. The van der Waals surface area contributed by atoms with Crippen molar-refractivity contribution in [3.63, 3.8) is 0 Å².